The van der Waals surface area contributed by atoms with Gasteiger partial charge in [0.05, 0.1) is 6.04 Å². The number of carbonyl (C=O) groups excluding carboxylic acids is 1. The fourth-order valence-electron chi connectivity index (χ4n) is 5.89. The molecular formula is C17H27NO. The van der Waals surface area contributed by atoms with Crippen molar-refractivity contribution in [1.29, 1.82) is 0 Å². The lowest BCUT2D eigenvalue weighted by molar-refractivity contribution is -0.138. The minimum atomic E-state index is 0.199. The summed E-state index contributed by atoms with van der Waals surface area (Å²) in [5, 5.41) is 3.54. The Labute approximate surface area is 116 Å². The highest BCUT2D eigenvalue weighted by atomic mass is 16.1. The van der Waals surface area contributed by atoms with Crippen LogP contribution in [0.25, 0.3) is 0 Å². The summed E-state index contributed by atoms with van der Waals surface area (Å²) in [4.78, 5) is 13.0. The second-order valence-corrected chi connectivity index (χ2v) is 7.71. The molecule has 0 spiro atoms. The Morgan fingerprint density at radius 3 is 2.21 bits per heavy atom. The van der Waals surface area contributed by atoms with Gasteiger partial charge in [-0.2, -0.15) is 0 Å². The van der Waals surface area contributed by atoms with Crippen LogP contribution in [0.2, 0.25) is 0 Å². The topological polar surface area (TPSA) is 29.1 Å². The Morgan fingerprint density at radius 1 is 0.842 bits per heavy atom. The predicted octanol–water partition coefficient (Wildman–Crippen LogP) is 3.16. The molecule has 0 radical (unpaired) electrons. The van der Waals surface area contributed by atoms with E-state index in [0.29, 0.717) is 11.7 Å². The Balaban J connectivity index is 1.50. The van der Waals surface area contributed by atoms with E-state index in [-0.39, 0.29) is 6.04 Å². The molecule has 1 saturated heterocycles. The third kappa shape index (κ3) is 2.16. The van der Waals surface area contributed by atoms with Crippen LogP contribution in [0.4, 0.5) is 0 Å². The minimum absolute atomic E-state index is 0.199. The maximum atomic E-state index is 13.0. The van der Waals surface area contributed by atoms with Gasteiger partial charge in [0.2, 0.25) is 0 Å². The van der Waals surface area contributed by atoms with Crippen LogP contribution >= 0.6 is 0 Å². The van der Waals surface area contributed by atoms with Crippen LogP contribution in [0.5, 0.6) is 0 Å². The fourth-order valence-corrected chi connectivity index (χ4v) is 5.89. The van der Waals surface area contributed by atoms with Crippen molar-refractivity contribution in [3.05, 3.63) is 0 Å². The molecule has 1 aliphatic heterocycles. The lowest BCUT2D eigenvalue weighted by Gasteiger charge is -2.54. The largest absolute Gasteiger partial charge is 0.307 e. The highest BCUT2D eigenvalue weighted by Crippen LogP contribution is 2.56. The van der Waals surface area contributed by atoms with Crippen LogP contribution in [0, 0.1) is 29.6 Å². The maximum Gasteiger partial charge on any atom is 0.153 e. The van der Waals surface area contributed by atoms with Crippen LogP contribution in [0.3, 0.4) is 0 Å². The SMILES string of the molecule is O=C(C1CCCCCN1)C1C2CC3CC(C2)CC1C3. The summed E-state index contributed by atoms with van der Waals surface area (Å²) in [6.45, 7) is 1.06. The second kappa shape index (κ2) is 4.87. The molecule has 19 heavy (non-hydrogen) atoms. The van der Waals surface area contributed by atoms with Gasteiger partial charge in [-0.05, 0) is 75.2 Å². The van der Waals surface area contributed by atoms with E-state index in [0.717, 1.165) is 36.6 Å². The van der Waals surface area contributed by atoms with E-state index in [1.165, 1.54) is 51.4 Å². The third-order valence-electron chi connectivity index (χ3n) is 6.46. The molecule has 1 atom stereocenters. The van der Waals surface area contributed by atoms with Gasteiger partial charge in [-0.3, -0.25) is 4.79 Å². The summed E-state index contributed by atoms with van der Waals surface area (Å²) in [6.07, 6.45) is 11.9. The lowest BCUT2D eigenvalue weighted by atomic mass is 9.50. The average Bonchev–Trinajstić information content (AvgIpc) is 2.66. The number of hydrogen-bond donors (Lipinski definition) is 1. The highest BCUT2D eigenvalue weighted by Gasteiger charge is 2.51. The van der Waals surface area contributed by atoms with Gasteiger partial charge in [-0.25, -0.2) is 0 Å². The molecule has 2 heteroatoms. The molecule has 0 aromatic carbocycles. The van der Waals surface area contributed by atoms with Crippen LogP contribution in [-0.4, -0.2) is 18.4 Å². The van der Waals surface area contributed by atoms with Gasteiger partial charge < -0.3 is 5.32 Å². The number of hydrogen-bond acceptors (Lipinski definition) is 2. The molecule has 0 amide bonds. The van der Waals surface area contributed by atoms with Gasteiger partial charge in [0, 0.05) is 5.92 Å². The fraction of sp³-hybridized carbons (Fsp3) is 0.941. The standard InChI is InChI=1S/C17H27NO/c19-17(15-4-2-1-3-5-18-15)16-13-7-11-6-12(9-13)10-14(16)8-11/h11-16,18H,1-10H2. The Kier molecular flexibility index (Phi) is 3.17. The molecule has 0 aromatic heterocycles. The summed E-state index contributed by atoms with van der Waals surface area (Å²) in [5.74, 6) is 4.52. The Hall–Kier alpha value is -0.370. The molecular weight excluding hydrogens is 234 g/mol. The highest BCUT2D eigenvalue weighted by molar-refractivity contribution is 5.87. The van der Waals surface area contributed by atoms with Crippen molar-refractivity contribution in [2.24, 2.45) is 29.6 Å². The Bertz CT molecular complexity index is 328. The molecule has 4 bridgehead atoms. The van der Waals surface area contributed by atoms with Gasteiger partial charge in [0.25, 0.3) is 0 Å². The lowest BCUT2D eigenvalue weighted by Crippen LogP contribution is -2.52. The first-order valence-electron chi connectivity index (χ1n) is 8.58. The van der Waals surface area contributed by atoms with E-state index < -0.39 is 0 Å². The molecule has 4 saturated carbocycles. The molecule has 5 aliphatic rings. The third-order valence-corrected chi connectivity index (χ3v) is 6.46. The van der Waals surface area contributed by atoms with Crippen molar-refractivity contribution in [3.63, 3.8) is 0 Å². The molecule has 5 fully saturated rings. The molecule has 1 N–H and O–H groups in total. The number of rotatable bonds is 2. The smallest absolute Gasteiger partial charge is 0.153 e. The summed E-state index contributed by atoms with van der Waals surface area (Å²) in [6, 6.07) is 0.199. The van der Waals surface area contributed by atoms with Crippen molar-refractivity contribution in [3.8, 4) is 0 Å². The van der Waals surface area contributed by atoms with Crippen LogP contribution in [0.15, 0.2) is 0 Å². The van der Waals surface area contributed by atoms with Crippen molar-refractivity contribution in [2.45, 2.75) is 63.8 Å². The van der Waals surface area contributed by atoms with Crippen molar-refractivity contribution < 1.29 is 4.79 Å². The van der Waals surface area contributed by atoms with Gasteiger partial charge in [-0.15, -0.1) is 0 Å². The molecule has 5 rings (SSSR count). The summed E-state index contributed by atoms with van der Waals surface area (Å²) >= 11 is 0. The van der Waals surface area contributed by atoms with Crippen LogP contribution in [-0.2, 0) is 4.79 Å². The van der Waals surface area contributed by atoms with E-state index in [1.807, 2.05) is 0 Å². The van der Waals surface area contributed by atoms with E-state index in [2.05, 4.69) is 5.32 Å². The molecule has 1 unspecified atom stereocenters. The number of nitrogens with one attached hydrogen (secondary N) is 1. The van der Waals surface area contributed by atoms with Gasteiger partial charge in [0.1, 0.15) is 0 Å². The minimum Gasteiger partial charge on any atom is -0.307 e. The zero-order chi connectivity index (χ0) is 12.8. The first-order valence-corrected chi connectivity index (χ1v) is 8.58. The van der Waals surface area contributed by atoms with Crippen LogP contribution < -0.4 is 5.32 Å². The molecule has 106 valence electrons. The quantitative estimate of drug-likeness (QED) is 0.827. The predicted molar refractivity (Wildman–Crippen MR) is 75.8 cm³/mol. The number of ketones is 1. The van der Waals surface area contributed by atoms with Gasteiger partial charge in [0.15, 0.2) is 5.78 Å². The zero-order valence-electron chi connectivity index (χ0n) is 11.9. The number of Topliss-reactive ketones (excluding diaryl/α,β-unsaturated/α-hetero) is 1. The first-order chi connectivity index (χ1) is 9.31. The summed E-state index contributed by atoms with van der Waals surface area (Å²) < 4.78 is 0. The zero-order valence-corrected chi connectivity index (χ0v) is 11.9. The summed E-state index contributed by atoms with van der Waals surface area (Å²) in [7, 11) is 0. The van der Waals surface area contributed by atoms with Crippen molar-refractivity contribution >= 4 is 5.78 Å². The monoisotopic (exact) mass is 261 g/mol. The van der Waals surface area contributed by atoms with Crippen molar-refractivity contribution in [1.82, 2.24) is 5.32 Å². The van der Waals surface area contributed by atoms with Gasteiger partial charge in [-0.1, -0.05) is 12.8 Å². The first kappa shape index (κ1) is 12.4. The Morgan fingerprint density at radius 2 is 1.53 bits per heavy atom. The molecule has 2 nitrogen and oxygen atoms in total. The van der Waals surface area contributed by atoms with Crippen molar-refractivity contribution in [2.75, 3.05) is 6.54 Å². The normalized spacial score (nSPS) is 49.1. The number of carbonyl (C=O) groups is 1. The molecule has 4 aliphatic carbocycles. The molecule has 1 heterocycles. The maximum absolute atomic E-state index is 13.0. The van der Waals surface area contributed by atoms with Crippen LogP contribution in [0.1, 0.15) is 57.8 Å². The second-order valence-electron chi connectivity index (χ2n) is 7.71. The van der Waals surface area contributed by atoms with E-state index in [1.54, 1.807) is 0 Å². The van der Waals surface area contributed by atoms with E-state index in [4.69, 9.17) is 0 Å². The van der Waals surface area contributed by atoms with E-state index in [9.17, 15) is 4.79 Å². The molecule has 0 aromatic rings. The summed E-state index contributed by atoms with van der Waals surface area (Å²) in [5.41, 5.74) is 0. The van der Waals surface area contributed by atoms with E-state index >= 15 is 0 Å². The average molecular weight is 261 g/mol. The van der Waals surface area contributed by atoms with Gasteiger partial charge >= 0.3 is 0 Å².